The number of benzene rings is 1. The number of para-hydroxylation sites is 2. The van der Waals surface area contributed by atoms with Gasteiger partial charge in [0.1, 0.15) is 5.75 Å². The Morgan fingerprint density at radius 3 is 3.05 bits per heavy atom. The van der Waals surface area contributed by atoms with Gasteiger partial charge in [-0.25, -0.2) is 0 Å². The molecule has 2 rings (SSSR count). The van der Waals surface area contributed by atoms with E-state index < -0.39 is 5.97 Å². The predicted octanol–water partition coefficient (Wildman–Crippen LogP) is 1.77. The van der Waals surface area contributed by atoms with E-state index in [1.54, 1.807) is 7.11 Å². The Kier molecular flexibility index (Phi) is 4.63. The van der Waals surface area contributed by atoms with E-state index in [1.165, 1.54) is 0 Å². The monoisotopic (exact) mass is 265 g/mol. The lowest BCUT2D eigenvalue weighted by atomic mass is 10.1. The molecule has 1 aromatic carbocycles. The molecule has 0 amide bonds. The van der Waals surface area contributed by atoms with Gasteiger partial charge in [-0.3, -0.25) is 4.79 Å². The van der Waals surface area contributed by atoms with E-state index >= 15 is 0 Å². The predicted molar refractivity (Wildman–Crippen MR) is 71.8 cm³/mol. The second-order valence-electron chi connectivity index (χ2n) is 4.54. The third-order valence-electron chi connectivity index (χ3n) is 3.24. The quantitative estimate of drug-likeness (QED) is 0.879. The van der Waals surface area contributed by atoms with Gasteiger partial charge >= 0.3 is 5.97 Å². The molecule has 1 saturated heterocycles. The van der Waals surface area contributed by atoms with Crippen molar-refractivity contribution in [3.63, 3.8) is 0 Å². The number of methoxy groups -OCH3 is 1. The molecule has 0 radical (unpaired) electrons. The molecule has 1 fully saturated rings. The lowest BCUT2D eigenvalue weighted by Gasteiger charge is -2.35. The minimum atomic E-state index is -0.780. The van der Waals surface area contributed by atoms with Gasteiger partial charge in [-0.05, 0) is 18.6 Å². The Morgan fingerprint density at radius 1 is 1.53 bits per heavy atom. The molecule has 104 valence electrons. The zero-order valence-corrected chi connectivity index (χ0v) is 11.0. The number of anilines is 1. The number of carboxylic acids is 1. The van der Waals surface area contributed by atoms with Crippen LogP contribution in [-0.4, -0.2) is 44.0 Å². The van der Waals surface area contributed by atoms with Gasteiger partial charge in [0, 0.05) is 19.5 Å². The van der Waals surface area contributed by atoms with E-state index in [1.807, 2.05) is 24.3 Å². The number of rotatable bonds is 5. The Morgan fingerprint density at radius 2 is 2.32 bits per heavy atom. The van der Waals surface area contributed by atoms with E-state index in [2.05, 4.69) is 4.90 Å². The lowest BCUT2D eigenvalue weighted by Crippen LogP contribution is -2.42. The summed E-state index contributed by atoms with van der Waals surface area (Å²) in [5.41, 5.74) is 1.04. The summed E-state index contributed by atoms with van der Waals surface area (Å²) in [5, 5.41) is 8.72. The zero-order chi connectivity index (χ0) is 13.7. The first-order chi connectivity index (χ1) is 9.20. The van der Waals surface area contributed by atoms with Gasteiger partial charge in [0.25, 0.3) is 0 Å². The SMILES string of the molecule is COc1ccccc1N1CCOC(CCC(=O)O)C1. The summed E-state index contributed by atoms with van der Waals surface area (Å²) in [6.45, 7) is 2.11. The van der Waals surface area contributed by atoms with Crippen LogP contribution in [-0.2, 0) is 9.53 Å². The van der Waals surface area contributed by atoms with E-state index in [4.69, 9.17) is 14.6 Å². The Bertz CT molecular complexity index is 435. The van der Waals surface area contributed by atoms with Gasteiger partial charge in [0.05, 0.1) is 25.5 Å². The van der Waals surface area contributed by atoms with Gasteiger partial charge in [-0.15, -0.1) is 0 Å². The van der Waals surface area contributed by atoms with Crippen molar-refractivity contribution in [3.05, 3.63) is 24.3 Å². The smallest absolute Gasteiger partial charge is 0.303 e. The van der Waals surface area contributed by atoms with Crippen LogP contribution in [0.5, 0.6) is 5.75 Å². The summed E-state index contributed by atoms with van der Waals surface area (Å²) in [7, 11) is 1.65. The number of aliphatic carboxylic acids is 1. The molecule has 0 aliphatic carbocycles. The molecule has 1 aliphatic heterocycles. The maximum absolute atomic E-state index is 10.6. The van der Waals surface area contributed by atoms with Gasteiger partial charge in [-0.1, -0.05) is 12.1 Å². The van der Waals surface area contributed by atoms with Crippen LogP contribution in [0.4, 0.5) is 5.69 Å². The van der Waals surface area contributed by atoms with Gasteiger partial charge in [-0.2, -0.15) is 0 Å². The number of carboxylic acid groups (broad SMARTS) is 1. The molecular weight excluding hydrogens is 246 g/mol. The highest BCUT2D eigenvalue weighted by Crippen LogP contribution is 2.29. The highest BCUT2D eigenvalue weighted by Gasteiger charge is 2.23. The van der Waals surface area contributed by atoms with Crippen molar-refractivity contribution in [2.24, 2.45) is 0 Å². The Balaban J connectivity index is 2.02. The van der Waals surface area contributed by atoms with Crippen molar-refractivity contribution in [1.82, 2.24) is 0 Å². The molecule has 5 nitrogen and oxygen atoms in total. The molecule has 5 heteroatoms. The number of carbonyl (C=O) groups is 1. The maximum Gasteiger partial charge on any atom is 0.303 e. The summed E-state index contributed by atoms with van der Waals surface area (Å²) in [6.07, 6.45) is 0.653. The molecule has 0 spiro atoms. The van der Waals surface area contributed by atoms with E-state index in [0.29, 0.717) is 19.6 Å². The third-order valence-corrected chi connectivity index (χ3v) is 3.24. The molecule has 0 aromatic heterocycles. The first-order valence-corrected chi connectivity index (χ1v) is 6.42. The van der Waals surface area contributed by atoms with Crippen molar-refractivity contribution in [3.8, 4) is 5.75 Å². The fourth-order valence-electron chi connectivity index (χ4n) is 2.29. The second-order valence-corrected chi connectivity index (χ2v) is 4.54. The standard InChI is InChI=1S/C14H19NO4/c1-18-13-5-3-2-4-12(13)15-8-9-19-11(10-15)6-7-14(16)17/h2-5,11H,6-10H2,1H3,(H,16,17). The first-order valence-electron chi connectivity index (χ1n) is 6.42. The number of hydrogen-bond acceptors (Lipinski definition) is 4. The van der Waals surface area contributed by atoms with E-state index in [9.17, 15) is 4.79 Å². The Labute approximate surface area is 112 Å². The van der Waals surface area contributed by atoms with Crippen LogP contribution >= 0.6 is 0 Å². The molecule has 1 aliphatic rings. The van der Waals surface area contributed by atoms with Gasteiger partial charge < -0.3 is 19.5 Å². The third kappa shape index (κ3) is 3.61. The summed E-state index contributed by atoms with van der Waals surface area (Å²) in [5.74, 6) is 0.0550. The van der Waals surface area contributed by atoms with E-state index in [0.717, 1.165) is 18.0 Å². The minimum absolute atomic E-state index is 0.0326. The van der Waals surface area contributed by atoms with Crippen molar-refractivity contribution in [2.45, 2.75) is 18.9 Å². The van der Waals surface area contributed by atoms with Crippen LogP contribution in [0.1, 0.15) is 12.8 Å². The average molecular weight is 265 g/mol. The average Bonchev–Trinajstić information content (AvgIpc) is 2.45. The molecule has 0 saturated carbocycles. The second kappa shape index (κ2) is 6.43. The molecule has 1 heterocycles. The molecule has 1 N–H and O–H groups in total. The highest BCUT2D eigenvalue weighted by molar-refractivity contribution is 5.66. The molecule has 19 heavy (non-hydrogen) atoms. The van der Waals surface area contributed by atoms with Crippen LogP contribution in [0.25, 0.3) is 0 Å². The number of hydrogen-bond donors (Lipinski definition) is 1. The van der Waals surface area contributed by atoms with Crippen LogP contribution in [0, 0.1) is 0 Å². The summed E-state index contributed by atoms with van der Waals surface area (Å²) in [6, 6.07) is 7.85. The molecule has 0 bridgehead atoms. The van der Waals surface area contributed by atoms with Crippen LogP contribution < -0.4 is 9.64 Å². The van der Waals surface area contributed by atoms with Crippen LogP contribution in [0.3, 0.4) is 0 Å². The lowest BCUT2D eigenvalue weighted by molar-refractivity contribution is -0.137. The number of nitrogens with zero attached hydrogens (tertiary/aromatic N) is 1. The molecule has 1 unspecified atom stereocenters. The van der Waals surface area contributed by atoms with Gasteiger partial charge in [0.2, 0.25) is 0 Å². The van der Waals surface area contributed by atoms with Crippen molar-refractivity contribution in [1.29, 1.82) is 0 Å². The van der Waals surface area contributed by atoms with Crippen molar-refractivity contribution < 1.29 is 19.4 Å². The van der Waals surface area contributed by atoms with Crippen LogP contribution in [0.15, 0.2) is 24.3 Å². The zero-order valence-electron chi connectivity index (χ0n) is 11.0. The van der Waals surface area contributed by atoms with Crippen molar-refractivity contribution >= 4 is 11.7 Å². The fraction of sp³-hybridized carbons (Fsp3) is 0.500. The summed E-state index contributed by atoms with van der Waals surface area (Å²) in [4.78, 5) is 12.8. The molecule has 1 atom stereocenters. The normalized spacial score (nSPS) is 19.2. The number of morpholine rings is 1. The Hall–Kier alpha value is -1.75. The highest BCUT2D eigenvalue weighted by atomic mass is 16.5. The minimum Gasteiger partial charge on any atom is -0.495 e. The summed E-state index contributed by atoms with van der Waals surface area (Å²) < 4.78 is 11.0. The van der Waals surface area contributed by atoms with E-state index in [-0.39, 0.29) is 12.5 Å². The first kappa shape index (κ1) is 13.7. The van der Waals surface area contributed by atoms with Crippen LogP contribution in [0.2, 0.25) is 0 Å². The maximum atomic E-state index is 10.6. The largest absolute Gasteiger partial charge is 0.495 e. The number of ether oxygens (including phenoxy) is 2. The topological polar surface area (TPSA) is 59.0 Å². The summed E-state index contributed by atoms with van der Waals surface area (Å²) >= 11 is 0. The molecule has 1 aromatic rings. The van der Waals surface area contributed by atoms with Crippen molar-refractivity contribution in [2.75, 3.05) is 31.7 Å². The molecular formula is C14H19NO4. The fourth-order valence-corrected chi connectivity index (χ4v) is 2.29. The van der Waals surface area contributed by atoms with Gasteiger partial charge in [0.15, 0.2) is 0 Å².